The number of aromatic nitrogens is 2. The number of carbonyl (C=O) groups is 2. The zero-order chi connectivity index (χ0) is 33.9. The summed E-state index contributed by atoms with van der Waals surface area (Å²) in [4.78, 5) is 27.9. The molecule has 0 spiro atoms. The van der Waals surface area contributed by atoms with Gasteiger partial charge in [-0.15, -0.1) is 13.2 Å². The molecule has 0 radical (unpaired) electrons. The van der Waals surface area contributed by atoms with E-state index in [1.54, 1.807) is 12.1 Å². The van der Waals surface area contributed by atoms with Gasteiger partial charge in [0.1, 0.15) is 0 Å². The molecule has 0 saturated heterocycles. The van der Waals surface area contributed by atoms with Crippen LogP contribution in [0, 0.1) is 0 Å². The standard InChI is InChI=1S/C21H31N3O2Si.C16H18N2O2/c1-6-10-24-19-8-7-16(22-21(25)26-12-13-27(3,4)5)14-17(19)18-15-23(2)11-9-20(18)24;1-3-7-18-14-5-4-11(16(19)20)9-12(14)13-10-17(2)8-6-15(13)18/h6-8,14H,1,9-13,15H2,2-5H3,(H,22,25);3-5,9H,1,6-8,10H2,2H3,(H,19,20). The molecule has 6 rings (SSSR count). The topological polar surface area (TPSA) is 92.0 Å². The van der Waals surface area contributed by atoms with Crippen LogP contribution in [-0.4, -0.2) is 78.0 Å². The molecule has 4 aromatic rings. The molecule has 0 bridgehead atoms. The second-order valence-corrected chi connectivity index (χ2v) is 19.6. The number of hydrogen-bond acceptors (Lipinski definition) is 5. The smallest absolute Gasteiger partial charge is 0.411 e. The summed E-state index contributed by atoms with van der Waals surface area (Å²) in [5.74, 6) is -0.874. The molecular formula is C37H49N5O4Si. The number of allylic oxidation sites excluding steroid dienone is 2. The lowest BCUT2D eigenvalue weighted by Gasteiger charge is -2.24. The molecule has 2 aliphatic heterocycles. The monoisotopic (exact) mass is 655 g/mol. The quantitative estimate of drug-likeness (QED) is 0.146. The molecule has 0 unspecified atom stereocenters. The lowest BCUT2D eigenvalue weighted by atomic mass is 10.0. The van der Waals surface area contributed by atoms with Crippen LogP contribution in [0.2, 0.25) is 25.7 Å². The zero-order valence-corrected chi connectivity index (χ0v) is 29.6. The SMILES string of the molecule is C=CCn1c2c(c3cc(C(=O)O)ccc31)CN(C)CC2.C=CCn1c2c(c3cc(NC(=O)OCC[Si](C)(C)C)ccc31)CN(C)CC2. The van der Waals surface area contributed by atoms with Crippen LogP contribution in [0.1, 0.15) is 32.9 Å². The number of benzene rings is 2. The number of amides is 1. The maximum Gasteiger partial charge on any atom is 0.411 e. The molecule has 47 heavy (non-hydrogen) atoms. The van der Waals surface area contributed by atoms with Gasteiger partial charge >= 0.3 is 12.1 Å². The minimum Gasteiger partial charge on any atom is -0.478 e. The first kappa shape index (κ1) is 34.2. The predicted molar refractivity (Wildman–Crippen MR) is 194 cm³/mol. The van der Waals surface area contributed by atoms with Gasteiger partial charge in [-0.05, 0) is 67.7 Å². The van der Waals surface area contributed by atoms with E-state index in [2.05, 4.69) is 83.3 Å². The Morgan fingerprint density at radius 2 is 1.40 bits per heavy atom. The number of ether oxygens (including phenoxy) is 1. The fourth-order valence-corrected chi connectivity index (χ4v) is 7.37. The van der Waals surface area contributed by atoms with Crippen LogP contribution in [0.5, 0.6) is 0 Å². The van der Waals surface area contributed by atoms with Crippen molar-refractivity contribution in [3.63, 3.8) is 0 Å². The first-order chi connectivity index (χ1) is 22.4. The molecule has 250 valence electrons. The van der Waals surface area contributed by atoms with Crippen LogP contribution in [0.25, 0.3) is 21.8 Å². The molecule has 9 nitrogen and oxygen atoms in total. The summed E-state index contributed by atoms with van der Waals surface area (Å²) >= 11 is 0. The molecule has 2 N–H and O–H groups in total. The Labute approximate surface area is 279 Å². The molecule has 2 aliphatic rings. The fourth-order valence-electron chi connectivity index (χ4n) is 6.66. The Bertz CT molecular complexity index is 1820. The third-order valence-corrected chi connectivity index (χ3v) is 10.8. The van der Waals surface area contributed by atoms with Gasteiger partial charge in [-0.2, -0.15) is 0 Å². The third-order valence-electron chi connectivity index (χ3n) is 9.09. The van der Waals surface area contributed by atoms with E-state index >= 15 is 0 Å². The number of nitrogens with zero attached hydrogens (tertiary/aromatic N) is 4. The molecule has 2 aromatic carbocycles. The minimum absolute atomic E-state index is 0.351. The van der Waals surface area contributed by atoms with E-state index in [0.717, 1.165) is 74.7 Å². The highest BCUT2D eigenvalue weighted by Gasteiger charge is 2.24. The first-order valence-corrected chi connectivity index (χ1v) is 20.1. The average Bonchev–Trinajstić information content (AvgIpc) is 3.48. The van der Waals surface area contributed by atoms with Crippen molar-refractivity contribution < 1.29 is 19.4 Å². The van der Waals surface area contributed by atoms with E-state index in [1.165, 1.54) is 33.4 Å². The van der Waals surface area contributed by atoms with Gasteiger partial charge in [-0.1, -0.05) is 31.8 Å². The van der Waals surface area contributed by atoms with E-state index in [9.17, 15) is 14.7 Å². The van der Waals surface area contributed by atoms with Crippen molar-refractivity contribution in [1.82, 2.24) is 18.9 Å². The molecule has 0 fully saturated rings. The van der Waals surface area contributed by atoms with Gasteiger partial charge in [0.2, 0.25) is 0 Å². The number of hydrogen-bond donors (Lipinski definition) is 2. The summed E-state index contributed by atoms with van der Waals surface area (Å²) in [6.07, 6.45) is 5.50. The molecule has 1 amide bonds. The van der Waals surface area contributed by atoms with Crippen molar-refractivity contribution in [2.24, 2.45) is 0 Å². The fraction of sp³-hybridized carbons (Fsp3) is 0.405. The molecular weight excluding hydrogens is 607 g/mol. The number of carboxylic acids is 1. The van der Waals surface area contributed by atoms with Gasteiger partial charge in [0.25, 0.3) is 0 Å². The zero-order valence-electron chi connectivity index (χ0n) is 28.6. The van der Waals surface area contributed by atoms with Gasteiger partial charge in [-0.3, -0.25) is 5.32 Å². The van der Waals surface area contributed by atoms with Gasteiger partial charge in [0, 0.05) is 99.1 Å². The summed E-state index contributed by atoms with van der Waals surface area (Å²) in [7, 11) is 3.05. The lowest BCUT2D eigenvalue weighted by Crippen LogP contribution is -2.27. The first-order valence-electron chi connectivity index (χ1n) is 16.4. The van der Waals surface area contributed by atoms with Gasteiger partial charge in [0.05, 0.1) is 12.2 Å². The van der Waals surface area contributed by atoms with E-state index < -0.39 is 14.0 Å². The largest absolute Gasteiger partial charge is 0.478 e. The minimum atomic E-state index is -1.20. The van der Waals surface area contributed by atoms with Crippen LogP contribution in [0.15, 0.2) is 61.7 Å². The molecule has 10 heteroatoms. The maximum atomic E-state index is 12.1. The van der Waals surface area contributed by atoms with Crippen LogP contribution >= 0.6 is 0 Å². The Balaban J connectivity index is 0.000000193. The van der Waals surface area contributed by atoms with Crippen LogP contribution < -0.4 is 5.32 Å². The van der Waals surface area contributed by atoms with Gasteiger partial charge in [0.15, 0.2) is 0 Å². The highest BCUT2D eigenvalue weighted by atomic mass is 28.3. The maximum absolute atomic E-state index is 12.1. The number of anilines is 1. The molecule has 0 saturated carbocycles. The van der Waals surface area contributed by atoms with E-state index in [1.807, 2.05) is 24.3 Å². The summed E-state index contributed by atoms with van der Waals surface area (Å²) in [6, 6.07) is 12.5. The number of carboxylic acid groups (broad SMARTS) is 1. The molecule has 0 aliphatic carbocycles. The van der Waals surface area contributed by atoms with Crippen molar-refractivity contribution >= 4 is 47.6 Å². The second-order valence-electron chi connectivity index (χ2n) is 14.0. The van der Waals surface area contributed by atoms with Crippen molar-refractivity contribution in [1.29, 1.82) is 0 Å². The summed E-state index contributed by atoms with van der Waals surface area (Å²) in [6.45, 7) is 20.5. The van der Waals surface area contributed by atoms with Gasteiger partial charge < -0.3 is 28.8 Å². The highest BCUT2D eigenvalue weighted by molar-refractivity contribution is 6.76. The predicted octanol–water partition coefficient (Wildman–Crippen LogP) is 7.22. The summed E-state index contributed by atoms with van der Waals surface area (Å²) in [5, 5.41) is 14.3. The Hall–Kier alpha value is -4.12. The van der Waals surface area contributed by atoms with Crippen LogP contribution in [0.4, 0.5) is 10.5 Å². The molecule has 4 heterocycles. The number of likely N-dealkylation sites (N-methyl/N-ethyl adjacent to an activating group) is 2. The highest BCUT2D eigenvalue weighted by Crippen LogP contribution is 2.33. The summed E-state index contributed by atoms with van der Waals surface area (Å²) < 4.78 is 9.97. The Morgan fingerprint density at radius 1 is 0.872 bits per heavy atom. The third kappa shape index (κ3) is 7.72. The van der Waals surface area contributed by atoms with Crippen LogP contribution in [0.3, 0.4) is 0 Å². The Kier molecular flexibility index (Phi) is 10.4. The van der Waals surface area contributed by atoms with Crippen molar-refractivity contribution in [2.45, 2.75) is 64.7 Å². The number of nitrogens with one attached hydrogen (secondary N) is 1. The van der Waals surface area contributed by atoms with E-state index in [0.29, 0.717) is 12.2 Å². The van der Waals surface area contributed by atoms with E-state index in [4.69, 9.17) is 4.74 Å². The summed E-state index contributed by atoms with van der Waals surface area (Å²) in [5.41, 5.74) is 8.77. The number of fused-ring (bicyclic) bond motifs is 6. The van der Waals surface area contributed by atoms with Crippen LogP contribution in [-0.2, 0) is 43.8 Å². The van der Waals surface area contributed by atoms with Crippen molar-refractivity contribution in [3.8, 4) is 0 Å². The Morgan fingerprint density at radius 3 is 1.91 bits per heavy atom. The normalized spacial score (nSPS) is 15.0. The van der Waals surface area contributed by atoms with Crippen molar-refractivity contribution in [2.75, 3.05) is 39.1 Å². The number of rotatable bonds is 9. The number of carbonyl (C=O) groups excluding carboxylic acids is 1. The van der Waals surface area contributed by atoms with Crippen molar-refractivity contribution in [3.05, 3.63) is 89.8 Å². The second kappa shape index (κ2) is 14.3. The average molecular weight is 656 g/mol. The molecule has 2 aromatic heterocycles. The van der Waals surface area contributed by atoms with Gasteiger partial charge in [-0.25, -0.2) is 9.59 Å². The van der Waals surface area contributed by atoms with E-state index in [-0.39, 0.29) is 6.09 Å². The molecule has 0 atom stereocenters. The lowest BCUT2D eigenvalue weighted by molar-refractivity contribution is 0.0697. The number of aromatic carboxylic acids is 1.